The Balaban J connectivity index is 1.63. The number of amides is 1. The third-order valence-corrected chi connectivity index (χ3v) is 4.09. The Kier molecular flexibility index (Phi) is 5.88. The molecular weight excluding hydrogens is 366 g/mol. The average Bonchev–Trinajstić information content (AvgIpc) is 3.15. The van der Waals surface area contributed by atoms with Crippen LogP contribution in [0.5, 0.6) is 5.75 Å². The maximum atomic E-state index is 12.3. The highest BCUT2D eigenvalue weighted by atomic mass is 35.5. The van der Waals surface area contributed by atoms with E-state index >= 15 is 0 Å². The van der Waals surface area contributed by atoms with Gasteiger partial charge in [-0.05, 0) is 35.9 Å². The summed E-state index contributed by atoms with van der Waals surface area (Å²) in [4.78, 5) is 18.1. The Morgan fingerprint density at radius 3 is 2.78 bits per heavy atom. The number of halogens is 1. The largest absolute Gasteiger partial charge is 0.497 e. The molecule has 0 fully saturated rings. The van der Waals surface area contributed by atoms with Crippen LogP contribution in [0.3, 0.4) is 0 Å². The van der Waals surface area contributed by atoms with Crippen molar-refractivity contribution in [3.05, 3.63) is 71.1 Å². The zero-order valence-electron chi connectivity index (χ0n) is 14.9. The maximum absolute atomic E-state index is 12.3. The number of benzene rings is 2. The molecule has 0 saturated carbocycles. The van der Waals surface area contributed by atoms with Crippen molar-refractivity contribution in [2.24, 2.45) is 0 Å². The molecule has 0 saturated heterocycles. The molecule has 0 N–H and O–H groups in total. The second kappa shape index (κ2) is 8.51. The molecule has 0 atom stereocenters. The number of ether oxygens (including phenoxy) is 1. The first-order chi connectivity index (χ1) is 13.0. The highest BCUT2D eigenvalue weighted by Gasteiger charge is 2.13. The van der Waals surface area contributed by atoms with Gasteiger partial charge >= 0.3 is 0 Å². The van der Waals surface area contributed by atoms with Crippen LogP contribution >= 0.6 is 11.6 Å². The number of hydrogen-bond acceptors (Lipinski definition) is 5. The predicted molar refractivity (Wildman–Crippen MR) is 103 cm³/mol. The van der Waals surface area contributed by atoms with Crippen LogP contribution < -0.4 is 4.74 Å². The minimum atomic E-state index is -0.175. The number of nitrogens with zero attached hydrogens (tertiary/aromatic N) is 3. The predicted octanol–water partition coefficient (Wildman–Crippen LogP) is 4.07. The van der Waals surface area contributed by atoms with E-state index < -0.39 is 0 Å². The molecule has 0 aliphatic carbocycles. The van der Waals surface area contributed by atoms with E-state index in [4.69, 9.17) is 20.9 Å². The van der Waals surface area contributed by atoms with Crippen molar-refractivity contribution < 1.29 is 14.1 Å². The summed E-state index contributed by atoms with van der Waals surface area (Å²) in [6.45, 7) is 0.209. The van der Waals surface area contributed by atoms with Gasteiger partial charge in [-0.1, -0.05) is 41.0 Å². The summed E-state index contributed by atoms with van der Waals surface area (Å²) in [6.07, 6.45) is 3.22. The normalized spacial score (nSPS) is 10.9. The van der Waals surface area contributed by atoms with E-state index in [0.717, 1.165) is 11.1 Å². The highest BCUT2D eigenvalue weighted by Crippen LogP contribution is 2.21. The Hall–Kier alpha value is -3.12. The number of carbonyl (C=O) groups is 1. The molecule has 27 heavy (non-hydrogen) atoms. The van der Waals surface area contributed by atoms with Gasteiger partial charge in [0, 0.05) is 23.7 Å². The van der Waals surface area contributed by atoms with Crippen molar-refractivity contribution in [2.75, 3.05) is 14.2 Å². The van der Waals surface area contributed by atoms with E-state index in [-0.39, 0.29) is 12.5 Å². The molecule has 2 aromatic carbocycles. The second-order valence-electron chi connectivity index (χ2n) is 5.82. The highest BCUT2D eigenvalue weighted by molar-refractivity contribution is 6.30. The summed E-state index contributed by atoms with van der Waals surface area (Å²) in [5, 5.41) is 4.62. The Bertz CT molecular complexity index is 951. The Morgan fingerprint density at radius 1 is 1.26 bits per heavy atom. The molecule has 3 rings (SSSR count). The molecule has 6 nitrogen and oxygen atoms in total. The van der Waals surface area contributed by atoms with E-state index in [9.17, 15) is 4.79 Å². The number of rotatable bonds is 6. The maximum Gasteiger partial charge on any atom is 0.246 e. The summed E-state index contributed by atoms with van der Waals surface area (Å²) in [5.41, 5.74) is 1.67. The molecule has 1 amide bonds. The average molecular weight is 384 g/mol. The van der Waals surface area contributed by atoms with Crippen molar-refractivity contribution in [2.45, 2.75) is 6.54 Å². The summed E-state index contributed by atoms with van der Waals surface area (Å²) >= 11 is 5.85. The minimum Gasteiger partial charge on any atom is -0.497 e. The fraction of sp³-hybridized carbons (Fsp3) is 0.150. The first-order valence-electron chi connectivity index (χ1n) is 8.21. The van der Waals surface area contributed by atoms with Gasteiger partial charge in [-0.3, -0.25) is 4.79 Å². The van der Waals surface area contributed by atoms with Gasteiger partial charge in [0.05, 0.1) is 13.7 Å². The van der Waals surface area contributed by atoms with Gasteiger partial charge in [0.1, 0.15) is 5.75 Å². The van der Waals surface area contributed by atoms with E-state index in [2.05, 4.69) is 10.1 Å². The zero-order chi connectivity index (χ0) is 19.2. The fourth-order valence-electron chi connectivity index (χ4n) is 2.35. The van der Waals surface area contributed by atoms with E-state index in [1.54, 1.807) is 32.4 Å². The van der Waals surface area contributed by atoms with Crippen LogP contribution in [0.2, 0.25) is 5.02 Å². The Labute approximate surface area is 162 Å². The van der Waals surface area contributed by atoms with Crippen LogP contribution in [0.15, 0.2) is 59.1 Å². The van der Waals surface area contributed by atoms with Crippen LogP contribution in [0.1, 0.15) is 11.5 Å². The third kappa shape index (κ3) is 4.95. The molecule has 0 bridgehead atoms. The van der Waals surface area contributed by atoms with Gasteiger partial charge in [0.15, 0.2) is 0 Å². The summed E-state index contributed by atoms with van der Waals surface area (Å²) in [6, 6.07) is 14.6. The van der Waals surface area contributed by atoms with Crippen molar-refractivity contribution in [1.82, 2.24) is 15.0 Å². The lowest BCUT2D eigenvalue weighted by Gasteiger charge is -2.11. The van der Waals surface area contributed by atoms with Gasteiger partial charge < -0.3 is 14.2 Å². The molecule has 0 spiro atoms. The van der Waals surface area contributed by atoms with E-state index in [1.807, 2.05) is 36.4 Å². The molecule has 7 heteroatoms. The lowest BCUT2D eigenvalue weighted by Crippen LogP contribution is -2.24. The topological polar surface area (TPSA) is 68.5 Å². The third-order valence-electron chi connectivity index (χ3n) is 3.83. The van der Waals surface area contributed by atoms with Crippen molar-refractivity contribution >= 4 is 23.6 Å². The van der Waals surface area contributed by atoms with Crippen LogP contribution in [-0.4, -0.2) is 35.1 Å². The van der Waals surface area contributed by atoms with Crippen molar-refractivity contribution in [3.8, 4) is 17.1 Å². The molecule has 1 heterocycles. The van der Waals surface area contributed by atoms with E-state index in [0.29, 0.717) is 22.5 Å². The van der Waals surface area contributed by atoms with Gasteiger partial charge in [0.2, 0.25) is 17.6 Å². The smallest absolute Gasteiger partial charge is 0.246 e. The molecule has 0 aliphatic rings. The molecule has 1 aromatic heterocycles. The molecule has 0 unspecified atom stereocenters. The molecule has 0 aliphatic heterocycles. The number of aromatic nitrogens is 2. The molecule has 138 valence electrons. The first kappa shape index (κ1) is 18.7. The monoisotopic (exact) mass is 383 g/mol. The van der Waals surface area contributed by atoms with Gasteiger partial charge in [-0.2, -0.15) is 4.98 Å². The summed E-state index contributed by atoms with van der Waals surface area (Å²) in [7, 11) is 3.27. The molecule has 3 aromatic rings. The Morgan fingerprint density at radius 2 is 2.04 bits per heavy atom. The summed E-state index contributed by atoms with van der Waals surface area (Å²) in [5.74, 6) is 1.33. The number of carbonyl (C=O) groups excluding carboxylic acids is 1. The quantitative estimate of drug-likeness (QED) is 0.600. The van der Waals surface area contributed by atoms with Gasteiger partial charge in [-0.25, -0.2) is 0 Å². The second-order valence-corrected chi connectivity index (χ2v) is 6.26. The number of methoxy groups -OCH3 is 1. The first-order valence-corrected chi connectivity index (χ1v) is 8.58. The van der Waals surface area contributed by atoms with Crippen LogP contribution in [-0.2, 0) is 11.3 Å². The fourth-order valence-corrected chi connectivity index (χ4v) is 2.47. The zero-order valence-corrected chi connectivity index (χ0v) is 15.7. The van der Waals surface area contributed by atoms with Gasteiger partial charge in [-0.15, -0.1) is 0 Å². The molecule has 0 radical (unpaired) electrons. The lowest BCUT2D eigenvalue weighted by atomic mass is 10.2. The standard InChI is InChI=1S/C20H18ClN3O3/c1-24(19(25)11-8-14-6-9-16(21)10-7-14)13-18-22-20(23-27-18)15-4-3-5-17(12-15)26-2/h3-12H,13H2,1-2H3/b11-8+. The lowest BCUT2D eigenvalue weighted by molar-refractivity contribution is -0.125. The summed E-state index contributed by atoms with van der Waals surface area (Å²) < 4.78 is 10.4. The minimum absolute atomic E-state index is 0.175. The van der Waals surface area contributed by atoms with Crippen LogP contribution in [0.25, 0.3) is 17.5 Å². The SMILES string of the molecule is COc1cccc(-c2noc(CN(C)C(=O)/C=C/c3ccc(Cl)cc3)n2)c1. The number of likely N-dealkylation sites (N-methyl/N-ethyl adjacent to an activating group) is 1. The number of hydrogen-bond donors (Lipinski definition) is 0. The van der Waals surface area contributed by atoms with Crippen molar-refractivity contribution in [3.63, 3.8) is 0 Å². The van der Waals surface area contributed by atoms with Crippen LogP contribution in [0, 0.1) is 0 Å². The van der Waals surface area contributed by atoms with E-state index in [1.165, 1.54) is 11.0 Å². The van der Waals surface area contributed by atoms with Gasteiger partial charge in [0.25, 0.3) is 0 Å². The van der Waals surface area contributed by atoms with Crippen LogP contribution in [0.4, 0.5) is 0 Å². The molecular formula is C20H18ClN3O3. The van der Waals surface area contributed by atoms with Crippen molar-refractivity contribution in [1.29, 1.82) is 0 Å².